The molecule has 0 saturated carbocycles. The summed E-state index contributed by atoms with van der Waals surface area (Å²) in [6, 6.07) is 7.44. The molecule has 17 heavy (non-hydrogen) atoms. The fraction of sp³-hybridized carbons (Fsp3) is 0.462. The molecule has 0 saturated heterocycles. The Morgan fingerprint density at radius 2 is 1.76 bits per heavy atom. The second kappa shape index (κ2) is 3.86. The first kappa shape index (κ1) is 12.1. The average Bonchev–Trinajstić information content (AvgIpc) is 2.63. The Morgan fingerprint density at radius 3 is 2.24 bits per heavy atom. The number of halogens is 3. The fourth-order valence-corrected chi connectivity index (χ4v) is 1.88. The van der Waals surface area contributed by atoms with E-state index in [9.17, 15) is 13.2 Å². The Balaban J connectivity index is 2.20. The van der Waals surface area contributed by atoms with Crippen molar-refractivity contribution in [3.63, 3.8) is 0 Å². The molecule has 92 valence electrons. The van der Waals surface area contributed by atoms with Crippen LogP contribution in [-0.2, 0) is 0 Å². The van der Waals surface area contributed by atoms with Crippen molar-refractivity contribution in [3.8, 4) is 0 Å². The highest BCUT2D eigenvalue weighted by Gasteiger charge is 2.53. The molecule has 1 aliphatic heterocycles. The van der Waals surface area contributed by atoms with E-state index in [1.165, 1.54) is 6.92 Å². The molecule has 1 nitrogen and oxygen atoms in total. The van der Waals surface area contributed by atoms with Crippen LogP contribution >= 0.6 is 0 Å². The number of aryl methyl sites for hydroxylation is 1. The lowest BCUT2D eigenvalue weighted by Gasteiger charge is -2.25. The van der Waals surface area contributed by atoms with Crippen molar-refractivity contribution in [1.82, 2.24) is 0 Å². The molecule has 2 rings (SSSR count). The van der Waals surface area contributed by atoms with Gasteiger partial charge in [0.05, 0.1) is 12.0 Å². The molecule has 1 atom stereocenters. The SMILES string of the molecule is Cc1ccc(C2=NCC(C)(C(F)(F)F)C2)cc1. The van der Waals surface area contributed by atoms with E-state index in [-0.39, 0.29) is 13.0 Å². The predicted octanol–water partition coefficient (Wildman–Crippen LogP) is 3.76. The Labute approximate surface area is 98.4 Å². The monoisotopic (exact) mass is 241 g/mol. The van der Waals surface area contributed by atoms with Crippen molar-refractivity contribution in [3.05, 3.63) is 35.4 Å². The quantitative estimate of drug-likeness (QED) is 0.710. The molecule has 0 spiro atoms. The van der Waals surface area contributed by atoms with Crippen molar-refractivity contribution < 1.29 is 13.2 Å². The zero-order valence-corrected chi connectivity index (χ0v) is 9.80. The molecule has 0 aliphatic carbocycles. The summed E-state index contributed by atoms with van der Waals surface area (Å²) in [5, 5.41) is 0. The van der Waals surface area contributed by atoms with Crippen molar-refractivity contribution in [2.45, 2.75) is 26.4 Å². The number of alkyl halides is 3. The van der Waals surface area contributed by atoms with E-state index in [1.807, 2.05) is 31.2 Å². The third-order valence-corrected chi connectivity index (χ3v) is 3.25. The van der Waals surface area contributed by atoms with Crippen LogP contribution < -0.4 is 0 Å². The largest absolute Gasteiger partial charge is 0.396 e. The average molecular weight is 241 g/mol. The number of nitrogens with zero attached hydrogens (tertiary/aromatic N) is 1. The molecule has 0 radical (unpaired) electrons. The van der Waals surface area contributed by atoms with Crippen LogP contribution in [0.4, 0.5) is 13.2 Å². The van der Waals surface area contributed by atoms with E-state index in [0.717, 1.165) is 11.1 Å². The molecule has 0 N–H and O–H groups in total. The summed E-state index contributed by atoms with van der Waals surface area (Å²) in [4.78, 5) is 4.05. The maximum atomic E-state index is 12.8. The van der Waals surface area contributed by atoms with Gasteiger partial charge in [0.25, 0.3) is 0 Å². The Hall–Kier alpha value is -1.32. The first-order valence-corrected chi connectivity index (χ1v) is 5.49. The second-order valence-electron chi connectivity index (χ2n) is 4.86. The van der Waals surface area contributed by atoms with Crippen LogP contribution in [0, 0.1) is 12.3 Å². The normalized spacial score (nSPS) is 24.9. The van der Waals surface area contributed by atoms with E-state index < -0.39 is 11.6 Å². The molecular weight excluding hydrogens is 227 g/mol. The molecule has 0 aromatic heterocycles. The van der Waals surface area contributed by atoms with E-state index >= 15 is 0 Å². The lowest BCUT2D eigenvalue weighted by molar-refractivity contribution is -0.209. The van der Waals surface area contributed by atoms with Crippen LogP contribution in [0.5, 0.6) is 0 Å². The van der Waals surface area contributed by atoms with Gasteiger partial charge < -0.3 is 0 Å². The number of hydrogen-bond acceptors (Lipinski definition) is 1. The van der Waals surface area contributed by atoms with Gasteiger partial charge in [0, 0.05) is 12.1 Å². The Kier molecular flexibility index (Phi) is 2.76. The highest BCUT2D eigenvalue weighted by molar-refractivity contribution is 6.02. The van der Waals surface area contributed by atoms with Gasteiger partial charge >= 0.3 is 6.18 Å². The fourth-order valence-electron chi connectivity index (χ4n) is 1.88. The van der Waals surface area contributed by atoms with Crippen molar-refractivity contribution in [2.24, 2.45) is 10.4 Å². The predicted molar refractivity (Wildman–Crippen MR) is 61.4 cm³/mol. The van der Waals surface area contributed by atoms with E-state index in [0.29, 0.717) is 5.71 Å². The van der Waals surface area contributed by atoms with Gasteiger partial charge in [0.2, 0.25) is 0 Å². The summed E-state index contributed by atoms with van der Waals surface area (Å²) < 4.78 is 38.5. The lowest BCUT2D eigenvalue weighted by Crippen LogP contribution is -2.36. The third-order valence-electron chi connectivity index (χ3n) is 3.25. The smallest absolute Gasteiger partial charge is 0.288 e. The molecule has 1 aliphatic rings. The minimum Gasteiger partial charge on any atom is -0.288 e. The van der Waals surface area contributed by atoms with Gasteiger partial charge in [-0.1, -0.05) is 29.8 Å². The molecule has 1 heterocycles. The molecular formula is C13H14F3N. The molecule has 0 bridgehead atoms. The van der Waals surface area contributed by atoms with Crippen LogP contribution in [0.1, 0.15) is 24.5 Å². The van der Waals surface area contributed by atoms with Gasteiger partial charge in [-0.15, -0.1) is 0 Å². The summed E-state index contributed by atoms with van der Waals surface area (Å²) in [6.45, 7) is 3.01. The van der Waals surface area contributed by atoms with Gasteiger partial charge in [-0.2, -0.15) is 13.2 Å². The van der Waals surface area contributed by atoms with E-state index in [2.05, 4.69) is 4.99 Å². The second-order valence-corrected chi connectivity index (χ2v) is 4.86. The molecule has 0 fully saturated rings. The van der Waals surface area contributed by atoms with E-state index in [4.69, 9.17) is 0 Å². The van der Waals surface area contributed by atoms with Crippen LogP contribution in [0.2, 0.25) is 0 Å². The van der Waals surface area contributed by atoms with Gasteiger partial charge in [0.1, 0.15) is 0 Å². The first-order valence-electron chi connectivity index (χ1n) is 5.49. The number of rotatable bonds is 1. The highest BCUT2D eigenvalue weighted by atomic mass is 19.4. The Morgan fingerprint density at radius 1 is 1.18 bits per heavy atom. The van der Waals surface area contributed by atoms with Gasteiger partial charge in [0.15, 0.2) is 0 Å². The summed E-state index contributed by atoms with van der Waals surface area (Å²) in [7, 11) is 0. The van der Waals surface area contributed by atoms with Crippen LogP contribution in [0.3, 0.4) is 0 Å². The minimum atomic E-state index is -4.19. The van der Waals surface area contributed by atoms with Crippen molar-refractivity contribution in [2.75, 3.05) is 6.54 Å². The molecule has 4 heteroatoms. The van der Waals surface area contributed by atoms with Gasteiger partial charge in [-0.25, -0.2) is 0 Å². The van der Waals surface area contributed by atoms with Crippen molar-refractivity contribution in [1.29, 1.82) is 0 Å². The Bertz CT molecular complexity index is 445. The van der Waals surface area contributed by atoms with Crippen molar-refractivity contribution >= 4 is 5.71 Å². The number of hydrogen-bond donors (Lipinski definition) is 0. The number of aliphatic imine (C=N–C) groups is 1. The number of benzene rings is 1. The molecule has 1 unspecified atom stereocenters. The lowest BCUT2D eigenvalue weighted by atomic mass is 9.85. The molecule has 0 amide bonds. The zero-order valence-electron chi connectivity index (χ0n) is 9.80. The van der Waals surface area contributed by atoms with Gasteiger partial charge in [-0.05, 0) is 19.4 Å². The minimum absolute atomic E-state index is 0.0282. The topological polar surface area (TPSA) is 12.4 Å². The highest BCUT2D eigenvalue weighted by Crippen LogP contribution is 2.44. The summed E-state index contributed by atoms with van der Waals surface area (Å²) in [5.41, 5.74) is 0.743. The summed E-state index contributed by atoms with van der Waals surface area (Å²) >= 11 is 0. The van der Waals surface area contributed by atoms with Crippen LogP contribution in [0.25, 0.3) is 0 Å². The summed E-state index contributed by atoms with van der Waals surface area (Å²) in [6.07, 6.45) is -4.22. The zero-order chi connectivity index (χ0) is 12.7. The maximum Gasteiger partial charge on any atom is 0.396 e. The molecule has 1 aromatic carbocycles. The van der Waals surface area contributed by atoms with Crippen LogP contribution in [-0.4, -0.2) is 18.4 Å². The van der Waals surface area contributed by atoms with E-state index in [1.54, 1.807) is 0 Å². The summed E-state index contributed by atoms with van der Waals surface area (Å²) in [5.74, 6) is 0. The standard InChI is InChI=1S/C13H14F3N/c1-9-3-5-10(6-4-9)11-7-12(2,8-17-11)13(14,15)16/h3-6H,7-8H2,1-2H3. The third kappa shape index (κ3) is 2.21. The molecule has 1 aromatic rings. The van der Waals surface area contributed by atoms with Gasteiger partial charge in [-0.3, -0.25) is 4.99 Å². The first-order chi connectivity index (χ1) is 7.82. The maximum absolute atomic E-state index is 12.8. The van der Waals surface area contributed by atoms with Crippen LogP contribution in [0.15, 0.2) is 29.3 Å².